The van der Waals surface area contributed by atoms with Gasteiger partial charge in [-0.15, -0.1) is 0 Å². The molecule has 5 nitrogen and oxygen atoms in total. The molecule has 166 valence electrons. The lowest BCUT2D eigenvalue weighted by molar-refractivity contribution is -0.137. The monoisotopic (exact) mass is 420 g/mol. The maximum absolute atomic E-state index is 13.9. The highest BCUT2D eigenvalue weighted by Crippen LogP contribution is 2.38. The van der Waals surface area contributed by atoms with Gasteiger partial charge >= 0.3 is 0 Å². The summed E-state index contributed by atoms with van der Waals surface area (Å²) in [6.07, 6.45) is 6.74. The Balaban J connectivity index is 1.50. The van der Waals surface area contributed by atoms with Gasteiger partial charge in [0.2, 0.25) is 5.91 Å². The molecule has 0 aromatic carbocycles. The molecule has 3 aliphatic rings. The van der Waals surface area contributed by atoms with Crippen LogP contribution in [0, 0.1) is 11.8 Å². The van der Waals surface area contributed by atoms with Crippen LogP contribution in [-0.4, -0.2) is 46.1 Å². The van der Waals surface area contributed by atoms with Crippen molar-refractivity contribution in [3.05, 3.63) is 23.9 Å². The fraction of sp³-hybridized carbons (Fsp3) is 0.739. The second-order valence-electron chi connectivity index (χ2n) is 10.2. The number of allylic oxidation sites excluding steroid dienone is 2. The molecule has 1 fully saturated rings. The van der Waals surface area contributed by atoms with Gasteiger partial charge in [0.05, 0.1) is 5.69 Å². The van der Waals surface area contributed by atoms with Gasteiger partial charge in [0.25, 0.3) is 6.43 Å². The Morgan fingerprint density at radius 2 is 2.07 bits per heavy atom. The lowest BCUT2D eigenvalue weighted by atomic mass is 9.84. The minimum Gasteiger partial charge on any atom is -0.367 e. The van der Waals surface area contributed by atoms with E-state index >= 15 is 0 Å². The zero-order chi connectivity index (χ0) is 21.5. The Kier molecular flexibility index (Phi) is 5.90. The third-order valence-corrected chi connectivity index (χ3v) is 6.89. The van der Waals surface area contributed by atoms with Crippen LogP contribution < -0.4 is 5.32 Å². The van der Waals surface area contributed by atoms with Crippen LogP contribution in [0.3, 0.4) is 0 Å². The minimum atomic E-state index is -2.46. The van der Waals surface area contributed by atoms with E-state index in [1.54, 1.807) is 0 Å². The standard InChI is InChI=1S/C23H34F2N4O/c1-23(2,3)19-13-20-26-17(12-18(21(24)25)29(20)27-19)16-10-7-11-28(14-16)22(30)15-8-5-4-6-9-15/h4-5,13,15-18,21,26H,6-12,14H2,1-3H3/t15?,16?,17-,18+/m0/s1. The van der Waals surface area contributed by atoms with E-state index in [-0.39, 0.29) is 29.2 Å². The van der Waals surface area contributed by atoms with Gasteiger partial charge in [-0.2, -0.15) is 5.10 Å². The van der Waals surface area contributed by atoms with Crippen LogP contribution in [0.5, 0.6) is 0 Å². The Bertz CT molecular complexity index is 798. The number of fused-ring (bicyclic) bond motifs is 1. The third kappa shape index (κ3) is 4.26. The second-order valence-corrected chi connectivity index (χ2v) is 10.2. The van der Waals surface area contributed by atoms with E-state index in [9.17, 15) is 13.6 Å². The van der Waals surface area contributed by atoms with Crippen LogP contribution >= 0.6 is 0 Å². The van der Waals surface area contributed by atoms with Gasteiger partial charge in [0.15, 0.2) is 0 Å². The van der Waals surface area contributed by atoms with Crippen LogP contribution in [0.2, 0.25) is 0 Å². The fourth-order valence-electron chi connectivity index (χ4n) is 5.07. The summed E-state index contributed by atoms with van der Waals surface area (Å²) in [4.78, 5) is 15.0. The lowest BCUT2D eigenvalue weighted by Gasteiger charge is -2.42. The number of nitrogens with one attached hydrogen (secondary N) is 1. The van der Waals surface area contributed by atoms with Gasteiger partial charge in [-0.25, -0.2) is 13.5 Å². The highest BCUT2D eigenvalue weighted by atomic mass is 19.3. The van der Waals surface area contributed by atoms with Crippen LogP contribution in [0.15, 0.2) is 18.2 Å². The third-order valence-electron chi connectivity index (χ3n) is 6.89. The summed E-state index contributed by atoms with van der Waals surface area (Å²) in [6, 6.07) is 0.932. The zero-order valence-corrected chi connectivity index (χ0v) is 18.3. The van der Waals surface area contributed by atoms with Crippen molar-refractivity contribution in [2.75, 3.05) is 18.4 Å². The predicted molar refractivity (Wildman–Crippen MR) is 114 cm³/mol. The van der Waals surface area contributed by atoms with Gasteiger partial charge < -0.3 is 10.2 Å². The zero-order valence-electron chi connectivity index (χ0n) is 18.3. The summed E-state index contributed by atoms with van der Waals surface area (Å²) in [7, 11) is 0. The predicted octanol–water partition coefficient (Wildman–Crippen LogP) is 4.77. The number of carbonyl (C=O) groups excluding carboxylic acids is 1. The molecular weight excluding hydrogens is 386 g/mol. The first-order valence-electron chi connectivity index (χ1n) is 11.3. The molecule has 0 spiro atoms. The summed E-state index contributed by atoms with van der Waals surface area (Å²) in [5.74, 6) is 1.19. The molecule has 1 aromatic heterocycles. The Morgan fingerprint density at radius 1 is 1.27 bits per heavy atom. The van der Waals surface area contributed by atoms with Gasteiger partial charge in [-0.3, -0.25) is 4.79 Å². The number of alkyl halides is 2. The van der Waals surface area contributed by atoms with Gasteiger partial charge in [0.1, 0.15) is 11.9 Å². The van der Waals surface area contributed by atoms with Crippen molar-refractivity contribution in [3.8, 4) is 0 Å². The number of hydrogen-bond acceptors (Lipinski definition) is 3. The van der Waals surface area contributed by atoms with E-state index < -0.39 is 12.5 Å². The van der Waals surface area contributed by atoms with Crippen LogP contribution in [-0.2, 0) is 10.2 Å². The lowest BCUT2D eigenvalue weighted by Crippen LogP contribution is -2.49. The van der Waals surface area contributed by atoms with E-state index in [1.165, 1.54) is 4.68 Å². The Morgan fingerprint density at radius 3 is 2.73 bits per heavy atom. The van der Waals surface area contributed by atoms with Crippen LogP contribution in [0.4, 0.5) is 14.6 Å². The molecule has 0 saturated carbocycles. The first kappa shape index (κ1) is 21.3. The number of likely N-dealkylation sites (tertiary alicyclic amines) is 1. The number of halogens is 2. The SMILES string of the molecule is CC(C)(C)c1cc2n(n1)[C@@H](C(F)F)C[C@@H](C1CCCN(C(=O)C3CC=CCC3)C1)N2. The van der Waals surface area contributed by atoms with Crippen molar-refractivity contribution in [2.45, 2.75) is 83.2 Å². The van der Waals surface area contributed by atoms with Gasteiger partial charge in [-0.05, 0) is 44.4 Å². The summed E-state index contributed by atoms with van der Waals surface area (Å²) in [6.45, 7) is 7.57. The highest BCUT2D eigenvalue weighted by molar-refractivity contribution is 5.79. The minimum absolute atomic E-state index is 0.0668. The number of rotatable bonds is 3. The quantitative estimate of drug-likeness (QED) is 0.717. The number of carbonyl (C=O) groups is 1. The summed E-state index contributed by atoms with van der Waals surface area (Å²) >= 11 is 0. The molecule has 4 rings (SSSR count). The molecule has 3 heterocycles. The largest absolute Gasteiger partial charge is 0.367 e. The Labute approximate surface area is 177 Å². The molecule has 1 amide bonds. The smallest absolute Gasteiger partial charge is 0.260 e. The number of nitrogens with zero attached hydrogens (tertiary/aromatic N) is 3. The molecule has 0 bridgehead atoms. The maximum Gasteiger partial charge on any atom is 0.260 e. The highest BCUT2D eigenvalue weighted by Gasteiger charge is 2.40. The molecular formula is C23H34F2N4O. The molecule has 1 saturated heterocycles. The normalized spacial score (nSPS) is 29.6. The van der Waals surface area contributed by atoms with E-state index in [4.69, 9.17) is 0 Å². The van der Waals surface area contributed by atoms with Crippen LogP contribution in [0.25, 0.3) is 0 Å². The molecule has 30 heavy (non-hydrogen) atoms. The van der Waals surface area contributed by atoms with Gasteiger partial charge in [-0.1, -0.05) is 32.9 Å². The molecule has 1 N–H and O–H groups in total. The molecule has 7 heteroatoms. The number of amides is 1. The van der Waals surface area contributed by atoms with Crippen molar-refractivity contribution < 1.29 is 13.6 Å². The van der Waals surface area contributed by atoms with Crippen molar-refractivity contribution in [1.82, 2.24) is 14.7 Å². The van der Waals surface area contributed by atoms with E-state index in [2.05, 4.69) is 22.6 Å². The maximum atomic E-state index is 13.9. The molecule has 1 aromatic rings. The fourth-order valence-corrected chi connectivity index (χ4v) is 5.07. The summed E-state index contributed by atoms with van der Waals surface area (Å²) in [5.41, 5.74) is 0.624. The topological polar surface area (TPSA) is 50.2 Å². The summed E-state index contributed by atoms with van der Waals surface area (Å²) in [5, 5.41) is 8.01. The second kappa shape index (κ2) is 8.31. The van der Waals surface area contributed by atoms with Crippen molar-refractivity contribution >= 4 is 11.7 Å². The van der Waals surface area contributed by atoms with Gasteiger partial charge in [0, 0.05) is 36.5 Å². The molecule has 2 unspecified atom stereocenters. The average Bonchev–Trinajstić information content (AvgIpc) is 3.18. The number of hydrogen-bond donors (Lipinski definition) is 1. The van der Waals surface area contributed by atoms with Crippen molar-refractivity contribution in [2.24, 2.45) is 11.8 Å². The van der Waals surface area contributed by atoms with Crippen molar-refractivity contribution in [3.63, 3.8) is 0 Å². The van der Waals surface area contributed by atoms with Crippen molar-refractivity contribution in [1.29, 1.82) is 0 Å². The van der Waals surface area contributed by atoms with E-state index in [0.717, 1.165) is 44.3 Å². The Hall–Kier alpha value is -1.92. The first-order valence-corrected chi connectivity index (χ1v) is 11.3. The molecule has 2 aliphatic heterocycles. The number of piperidine rings is 1. The number of aromatic nitrogens is 2. The number of anilines is 1. The first-order chi connectivity index (χ1) is 14.2. The molecule has 0 radical (unpaired) electrons. The molecule has 1 aliphatic carbocycles. The van der Waals surface area contributed by atoms with Crippen LogP contribution in [0.1, 0.15) is 71.0 Å². The average molecular weight is 421 g/mol. The van der Waals surface area contributed by atoms with E-state index in [0.29, 0.717) is 18.8 Å². The van der Waals surface area contributed by atoms with E-state index in [1.807, 2.05) is 31.7 Å². The molecule has 4 atom stereocenters. The summed E-state index contributed by atoms with van der Waals surface area (Å²) < 4.78 is 29.4.